The standard InChI is InChI=1S/C5H9N2.Y/c1-5(2,3)4-6-7-4;/h1-3H3;/q-1;. The monoisotopic (exact) mass is 186 g/mol. The SMILES string of the molecule is CC(C)(C)[C-]1N=N1.[Y]. The molecule has 0 saturated carbocycles. The first-order chi connectivity index (χ1) is 3.11. The van der Waals surface area contributed by atoms with E-state index in [0.717, 1.165) is 6.17 Å². The smallest absolute Gasteiger partial charge is 0 e. The molecule has 1 heterocycles. The minimum absolute atomic E-state index is 0. The molecular weight excluding hydrogens is 177 g/mol. The molecule has 0 aromatic carbocycles. The molecule has 1 rings (SSSR count). The Morgan fingerprint density at radius 3 is 1.50 bits per heavy atom. The van der Waals surface area contributed by atoms with Crippen molar-refractivity contribution in [2.24, 2.45) is 15.6 Å². The largest absolute Gasteiger partial charge is 0.358 e. The van der Waals surface area contributed by atoms with Crippen LogP contribution in [0.5, 0.6) is 0 Å². The van der Waals surface area contributed by atoms with Crippen LogP contribution in [-0.2, 0) is 32.7 Å². The van der Waals surface area contributed by atoms with Gasteiger partial charge in [0, 0.05) is 32.7 Å². The second kappa shape index (κ2) is 2.44. The van der Waals surface area contributed by atoms with Gasteiger partial charge in [-0.3, -0.25) is 0 Å². The molecule has 0 atom stereocenters. The number of hydrogen-bond acceptors (Lipinski definition) is 2. The Hall–Kier alpha value is 0.574. The maximum atomic E-state index is 3.72. The third-order valence-corrected chi connectivity index (χ3v) is 0.871. The van der Waals surface area contributed by atoms with Crippen molar-refractivity contribution in [3.8, 4) is 0 Å². The van der Waals surface area contributed by atoms with E-state index in [-0.39, 0.29) is 38.1 Å². The summed E-state index contributed by atoms with van der Waals surface area (Å²) in [6, 6.07) is 0. The van der Waals surface area contributed by atoms with Crippen LogP contribution in [0.15, 0.2) is 10.2 Å². The molecule has 3 heteroatoms. The molecule has 0 unspecified atom stereocenters. The summed E-state index contributed by atoms with van der Waals surface area (Å²) in [4.78, 5) is 0. The Morgan fingerprint density at radius 2 is 1.50 bits per heavy atom. The number of hydrogen-bond donors (Lipinski definition) is 0. The Morgan fingerprint density at radius 1 is 1.12 bits per heavy atom. The van der Waals surface area contributed by atoms with Gasteiger partial charge in [-0.1, -0.05) is 20.8 Å². The summed E-state index contributed by atoms with van der Waals surface area (Å²) in [6.07, 6.45) is 0.993. The summed E-state index contributed by atoms with van der Waals surface area (Å²) in [7, 11) is 0. The van der Waals surface area contributed by atoms with Crippen LogP contribution in [0.3, 0.4) is 0 Å². The molecular formula is C5H9N2Y-. The van der Waals surface area contributed by atoms with E-state index in [4.69, 9.17) is 0 Å². The average molecular weight is 186 g/mol. The van der Waals surface area contributed by atoms with Crippen LogP contribution in [0, 0.1) is 11.6 Å². The molecule has 0 saturated heterocycles. The van der Waals surface area contributed by atoms with Gasteiger partial charge in [0.1, 0.15) is 0 Å². The minimum Gasteiger partial charge on any atom is -0.358 e. The molecule has 0 N–H and O–H groups in total. The maximum absolute atomic E-state index is 3.72. The quantitative estimate of drug-likeness (QED) is 0.517. The Labute approximate surface area is 75.0 Å². The zero-order valence-corrected chi connectivity index (χ0v) is 8.31. The molecule has 0 aliphatic carbocycles. The van der Waals surface area contributed by atoms with Crippen LogP contribution < -0.4 is 0 Å². The van der Waals surface area contributed by atoms with Crippen molar-refractivity contribution >= 4 is 0 Å². The summed E-state index contributed by atoms with van der Waals surface area (Å²) < 4.78 is 0. The first-order valence-corrected chi connectivity index (χ1v) is 2.40. The van der Waals surface area contributed by atoms with E-state index in [9.17, 15) is 0 Å². The molecule has 1 radical (unpaired) electrons. The van der Waals surface area contributed by atoms with Gasteiger partial charge >= 0.3 is 0 Å². The third-order valence-electron chi connectivity index (χ3n) is 0.871. The van der Waals surface area contributed by atoms with Gasteiger partial charge in [0.15, 0.2) is 0 Å². The molecule has 0 aromatic heterocycles. The van der Waals surface area contributed by atoms with E-state index >= 15 is 0 Å². The molecule has 0 fully saturated rings. The molecule has 8 heavy (non-hydrogen) atoms. The van der Waals surface area contributed by atoms with Crippen molar-refractivity contribution in [3.05, 3.63) is 6.17 Å². The second-order valence-corrected chi connectivity index (χ2v) is 2.77. The van der Waals surface area contributed by atoms with Gasteiger partial charge in [0.25, 0.3) is 0 Å². The van der Waals surface area contributed by atoms with E-state index in [1.165, 1.54) is 0 Å². The van der Waals surface area contributed by atoms with Crippen LogP contribution in [0.2, 0.25) is 0 Å². The Kier molecular flexibility index (Phi) is 2.62. The Bertz CT molecular complexity index is 97.5. The van der Waals surface area contributed by atoms with Crippen LogP contribution in [0.4, 0.5) is 0 Å². The summed E-state index contributed by atoms with van der Waals surface area (Å²) >= 11 is 0. The normalized spacial score (nSPS) is 15.6. The van der Waals surface area contributed by atoms with E-state index in [1.807, 2.05) is 0 Å². The van der Waals surface area contributed by atoms with Gasteiger partial charge < -0.3 is 10.2 Å². The minimum atomic E-state index is 0. The van der Waals surface area contributed by atoms with Gasteiger partial charge in [-0.05, 0) is 0 Å². The van der Waals surface area contributed by atoms with Crippen molar-refractivity contribution < 1.29 is 32.7 Å². The molecule has 0 bridgehead atoms. The van der Waals surface area contributed by atoms with Crippen LogP contribution >= 0.6 is 0 Å². The molecule has 43 valence electrons. The summed E-state index contributed by atoms with van der Waals surface area (Å²) in [6.45, 7) is 6.30. The Balaban J connectivity index is 0.000000490. The van der Waals surface area contributed by atoms with Crippen LogP contribution in [-0.4, -0.2) is 0 Å². The fourth-order valence-corrected chi connectivity index (χ4v) is 0.325. The second-order valence-electron chi connectivity index (χ2n) is 2.77. The van der Waals surface area contributed by atoms with Gasteiger partial charge in [-0.25, -0.2) is 0 Å². The predicted molar refractivity (Wildman–Crippen MR) is 27.6 cm³/mol. The molecule has 0 aromatic rings. The van der Waals surface area contributed by atoms with Gasteiger partial charge in [0.2, 0.25) is 0 Å². The van der Waals surface area contributed by atoms with E-state index in [0.29, 0.717) is 0 Å². The maximum Gasteiger partial charge on any atom is 0 e. The molecule has 0 amide bonds. The summed E-state index contributed by atoms with van der Waals surface area (Å²) in [5.41, 5.74) is 0.194. The topological polar surface area (TPSA) is 24.7 Å². The van der Waals surface area contributed by atoms with Crippen molar-refractivity contribution in [3.63, 3.8) is 0 Å². The molecule has 2 nitrogen and oxygen atoms in total. The summed E-state index contributed by atoms with van der Waals surface area (Å²) in [5, 5.41) is 7.43. The van der Waals surface area contributed by atoms with E-state index < -0.39 is 0 Å². The van der Waals surface area contributed by atoms with Gasteiger partial charge in [-0.15, -0.1) is 11.6 Å². The van der Waals surface area contributed by atoms with Gasteiger partial charge in [0.05, 0.1) is 0 Å². The fourth-order valence-electron chi connectivity index (χ4n) is 0.325. The van der Waals surface area contributed by atoms with E-state index in [1.54, 1.807) is 0 Å². The van der Waals surface area contributed by atoms with Crippen molar-refractivity contribution in [1.29, 1.82) is 0 Å². The summed E-state index contributed by atoms with van der Waals surface area (Å²) in [5.74, 6) is 0. The average Bonchev–Trinajstić information content (AvgIpc) is 1.99. The predicted octanol–water partition coefficient (Wildman–Crippen LogP) is 1.99. The fraction of sp³-hybridized carbons (Fsp3) is 0.800. The zero-order chi connectivity index (χ0) is 5.49. The van der Waals surface area contributed by atoms with Crippen molar-refractivity contribution in [1.82, 2.24) is 0 Å². The molecule has 1 aliphatic heterocycles. The zero-order valence-electron chi connectivity index (χ0n) is 5.47. The van der Waals surface area contributed by atoms with E-state index in [2.05, 4.69) is 31.0 Å². The van der Waals surface area contributed by atoms with Gasteiger partial charge in [-0.2, -0.15) is 0 Å². The van der Waals surface area contributed by atoms with Crippen molar-refractivity contribution in [2.75, 3.05) is 0 Å². The molecule has 1 aliphatic rings. The third kappa shape index (κ3) is 2.23. The van der Waals surface area contributed by atoms with Crippen LogP contribution in [0.25, 0.3) is 0 Å². The first kappa shape index (κ1) is 8.57. The van der Waals surface area contributed by atoms with Crippen molar-refractivity contribution in [2.45, 2.75) is 20.8 Å². The molecule has 0 spiro atoms. The number of rotatable bonds is 0. The number of nitrogens with zero attached hydrogens (tertiary/aromatic N) is 2. The van der Waals surface area contributed by atoms with Crippen LogP contribution in [0.1, 0.15) is 20.8 Å². The first-order valence-electron chi connectivity index (χ1n) is 2.40.